The maximum atomic E-state index is 12.2. The lowest BCUT2D eigenvalue weighted by Crippen LogP contribution is -2.49. The number of nitrogens with zero attached hydrogens (tertiary/aromatic N) is 5. The van der Waals surface area contributed by atoms with Gasteiger partial charge in [0.2, 0.25) is 5.91 Å². The minimum absolute atomic E-state index is 0.134. The second-order valence-corrected chi connectivity index (χ2v) is 7.36. The van der Waals surface area contributed by atoms with E-state index in [1.807, 2.05) is 12.1 Å². The Morgan fingerprint density at radius 1 is 1.31 bits per heavy atom. The van der Waals surface area contributed by atoms with Crippen LogP contribution in [0.3, 0.4) is 0 Å². The van der Waals surface area contributed by atoms with Crippen LogP contribution in [0.25, 0.3) is 10.9 Å². The summed E-state index contributed by atoms with van der Waals surface area (Å²) in [6, 6.07) is 9.41. The number of carbonyl (C=O) groups excluding carboxylic acids is 1. The van der Waals surface area contributed by atoms with Crippen molar-refractivity contribution in [1.29, 1.82) is 5.26 Å². The van der Waals surface area contributed by atoms with Gasteiger partial charge < -0.3 is 14.7 Å². The largest absolute Gasteiger partial charge is 0.367 e. The van der Waals surface area contributed by atoms with Crippen molar-refractivity contribution in [3.05, 3.63) is 46.8 Å². The number of rotatable bonds is 4. The molecule has 1 aliphatic rings. The van der Waals surface area contributed by atoms with Crippen molar-refractivity contribution in [1.82, 2.24) is 15.0 Å². The molecule has 0 spiro atoms. The number of carbonyl (C=O) groups is 1. The number of hydrogen-bond donors (Lipinski definition) is 1. The Morgan fingerprint density at radius 3 is 2.79 bits per heavy atom. The number of aryl methyl sites for hydroxylation is 1. The lowest BCUT2D eigenvalue weighted by molar-refractivity contribution is -0.117. The van der Waals surface area contributed by atoms with E-state index >= 15 is 0 Å². The van der Waals surface area contributed by atoms with Crippen LogP contribution in [0, 0.1) is 18.3 Å². The standard InChI is InChI=1S/C20H19ClN6O2/c1-13-8-18(25-29-13)24-19(28)12-26-4-6-27(7-5-26)20-14(10-22)11-23-17-3-2-15(21)9-16(17)20/h2-3,8-9,11H,4-7,12H2,1H3,(H,24,25,28). The van der Waals surface area contributed by atoms with Crippen LogP contribution >= 0.6 is 11.6 Å². The van der Waals surface area contributed by atoms with Crippen LogP contribution in [0.15, 0.2) is 35.0 Å². The van der Waals surface area contributed by atoms with Crippen LogP contribution in [0.2, 0.25) is 5.02 Å². The van der Waals surface area contributed by atoms with E-state index in [2.05, 4.69) is 31.3 Å². The maximum Gasteiger partial charge on any atom is 0.239 e. The molecule has 1 saturated heterocycles. The van der Waals surface area contributed by atoms with Crippen LogP contribution in [0.5, 0.6) is 0 Å². The number of fused-ring (bicyclic) bond motifs is 1. The second-order valence-electron chi connectivity index (χ2n) is 6.93. The van der Waals surface area contributed by atoms with E-state index in [4.69, 9.17) is 16.1 Å². The Labute approximate surface area is 172 Å². The zero-order valence-electron chi connectivity index (χ0n) is 15.9. The summed E-state index contributed by atoms with van der Waals surface area (Å²) >= 11 is 6.18. The molecule has 0 unspecified atom stereocenters. The third-order valence-corrected chi connectivity index (χ3v) is 5.11. The molecular weight excluding hydrogens is 392 g/mol. The third kappa shape index (κ3) is 4.16. The van der Waals surface area contributed by atoms with E-state index in [1.165, 1.54) is 0 Å². The van der Waals surface area contributed by atoms with E-state index < -0.39 is 0 Å². The first kappa shape index (κ1) is 19.2. The van der Waals surface area contributed by atoms with Gasteiger partial charge in [0.05, 0.1) is 23.3 Å². The molecule has 29 heavy (non-hydrogen) atoms. The fraction of sp³-hybridized carbons (Fsp3) is 0.300. The maximum absolute atomic E-state index is 12.2. The molecule has 1 N–H and O–H groups in total. The van der Waals surface area contributed by atoms with Gasteiger partial charge in [0, 0.05) is 48.9 Å². The number of aromatic nitrogens is 2. The van der Waals surface area contributed by atoms with Gasteiger partial charge in [-0.1, -0.05) is 16.8 Å². The van der Waals surface area contributed by atoms with E-state index in [1.54, 1.807) is 25.3 Å². The van der Waals surface area contributed by atoms with Gasteiger partial charge in [-0.3, -0.25) is 14.7 Å². The van der Waals surface area contributed by atoms with Crippen molar-refractivity contribution in [3.8, 4) is 6.07 Å². The summed E-state index contributed by atoms with van der Waals surface area (Å²) in [5, 5.41) is 17.5. The molecule has 1 fully saturated rings. The molecule has 3 heterocycles. The Bertz CT molecular complexity index is 1100. The minimum Gasteiger partial charge on any atom is -0.367 e. The number of benzene rings is 1. The molecule has 0 aliphatic carbocycles. The lowest BCUT2D eigenvalue weighted by atomic mass is 10.1. The molecule has 1 amide bonds. The van der Waals surface area contributed by atoms with Crippen molar-refractivity contribution < 1.29 is 9.32 Å². The molecule has 148 valence electrons. The molecule has 1 aromatic carbocycles. The Hall–Kier alpha value is -3.15. The van der Waals surface area contributed by atoms with Gasteiger partial charge in [0.1, 0.15) is 11.8 Å². The summed E-state index contributed by atoms with van der Waals surface area (Å²) in [5.41, 5.74) is 2.17. The van der Waals surface area contributed by atoms with Gasteiger partial charge >= 0.3 is 0 Å². The predicted molar refractivity (Wildman–Crippen MR) is 110 cm³/mol. The van der Waals surface area contributed by atoms with Gasteiger partial charge in [0.15, 0.2) is 5.82 Å². The summed E-state index contributed by atoms with van der Waals surface area (Å²) in [4.78, 5) is 20.8. The first-order chi connectivity index (χ1) is 14.0. The highest BCUT2D eigenvalue weighted by Gasteiger charge is 2.23. The highest BCUT2D eigenvalue weighted by molar-refractivity contribution is 6.31. The zero-order chi connectivity index (χ0) is 20.4. The van der Waals surface area contributed by atoms with Gasteiger partial charge in [-0.05, 0) is 25.1 Å². The van der Waals surface area contributed by atoms with Gasteiger partial charge in [-0.2, -0.15) is 5.26 Å². The number of pyridine rings is 1. The number of halogens is 1. The van der Waals surface area contributed by atoms with Crippen molar-refractivity contribution in [2.45, 2.75) is 6.92 Å². The first-order valence-corrected chi connectivity index (χ1v) is 9.60. The molecule has 9 heteroatoms. The molecule has 3 aromatic rings. The highest BCUT2D eigenvalue weighted by Crippen LogP contribution is 2.31. The fourth-order valence-corrected chi connectivity index (χ4v) is 3.69. The molecule has 4 rings (SSSR count). The second kappa shape index (κ2) is 8.07. The molecule has 2 aromatic heterocycles. The van der Waals surface area contributed by atoms with Gasteiger partial charge in [-0.15, -0.1) is 0 Å². The molecular formula is C20H19ClN6O2. The van der Waals surface area contributed by atoms with Crippen molar-refractivity contribution in [2.24, 2.45) is 0 Å². The van der Waals surface area contributed by atoms with E-state index in [9.17, 15) is 10.1 Å². The number of piperazine rings is 1. The van der Waals surface area contributed by atoms with Crippen LogP contribution in [0.1, 0.15) is 11.3 Å². The Morgan fingerprint density at radius 2 is 2.10 bits per heavy atom. The summed E-state index contributed by atoms with van der Waals surface area (Å²) < 4.78 is 4.96. The predicted octanol–water partition coefficient (Wildman–Crippen LogP) is 2.82. The normalized spacial score (nSPS) is 14.7. The van der Waals surface area contributed by atoms with Crippen LogP contribution in [-0.2, 0) is 4.79 Å². The number of amides is 1. The quantitative estimate of drug-likeness (QED) is 0.706. The monoisotopic (exact) mass is 410 g/mol. The first-order valence-electron chi connectivity index (χ1n) is 9.22. The molecule has 0 radical (unpaired) electrons. The molecule has 0 atom stereocenters. The fourth-order valence-electron chi connectivity index (χ4n) is 3.51. The number of hydrogen-bond acceptors (Lipinski definition) is 7. The topological polar surface area (TPSA) is 98.3 Å². The lowest BCUT2D eigenvalue weighted by Gasteiger charge is -2.36. The SMILES string of the molecule is Cc1cc(NC(=O)CN2CCN(c3c(C#N)cnc4ccc(Cl)cc34)CC2)no1. The summed E-state index contributed by atoms with van der Waals surface area (Å²) in [6.07, 6.45) is 1.60. The van der Waals surface area contributed by atoms with Crippen molar-refractivity contribution in [2.75, 3.05) is 42.9 Å². The zero-order valence-corrected chi connectivity index (χ0v) is 16.6. The molecule has 1 aliphatic heterocycles. The summed E-state index contributed by atoms with van der Waals surface area (Å²) in [7, 11) is 0. The van der Waals surface area contributed by atoms with Gasteiger partial charge in [0.25, 0.3) is 0 Å². The van der Waals surface area contributed by atoms with Gasteiger partial charge in [-0.25, -0.2) is 0 Å². The van der Waals surface area contributed by atoms with E-state index in [-0.39, 0.29) is 12.5 Å². The van der Waals surface area contributed by atoms with Crippen LogP contribution in [-0.4, -0.2) is 53.7 Å². The summed E-state index contributed by atoms with van der Waals surface area (Å²) in [6.45, 7) is 4.81. The minimum atomic E-state index is -0.134. The van der Waals surface area contributed by atoms with E-state index in [0.717, 1.165) is 16.6 Å². The van der Waals surface area contributed by atoms with Crippen molar-refractivity contribution >= 4 is 39.9 Å². The number of anilines is 2. The van der Waals surface area contributed by atoms with Crippen molar-refractivity contribution in [3.63, 3.8) is 0 Å². The van der Waals surface area contributed by atoms with Crippen LogP contribution < -0.4 is 10.2 Å². The number of nitriles is 1. The molecule has 0 bridgehead atoms. The van der Waals surface area contributed by atoms with Crippen LogP contribution in [0.4, 0.5) is 11.5 Å². The molecule has 8 nitrogen and oxygen atoms in total. The van der Waals surface area contributed by atoms with E-state index in [0.29, 0.717) is 48.3 Å². The number of nitrogens with one attached hydrogen (secondary N) is 1. The Balaban J connectivity index is 1.45. The molecule has 0 saturated carbocycles. The average molecular weight is 411 g/mol. The Kier molecular flexibility index (Phi) is 5.34. The highest BCUT2D eigenvalue weighted by atomic mass is 35.5. The average Bonchev–Trinajstić information content (AvgIpc) is 3.12. The third-order valence-electron chi connectivity index (χ3n) is 4.87. The smallest absolute Gasteiger partial charge is 0.239 e. The summed E-state index contributed by atoms with van der Waals surface area (Å²) in [5.74, 6) is 0.933.